The van der Waals surface area contributed by atoms with Crippen LogP contribution in [0.25, 0.3) is 0 Å². The largest absolute Gasteiger partial charge is 0.447 e. The van der Waals surface area contributed by atoms with Crippen LogP contribution in [0.1, 0.15) is 37.5 Å². The van der Waals surface area contributed by atoms with Crippen LogP contribution in [0.2, 0.25) is 0 Å². The minimum Gasteiger partial charge on any atom is -0.447 e. The number of hydrogen-bond acceptors (Lipinski definition) is 7. The Balaban J connectivity index is 2.02. The molecule has 124 valence electrons. The van der Waals surface area contributed by atoms with E-state index in [-0.39, 0.29) is 5.90 Å². The summed E-state index contributed by atoms with van der Waals surface area (Å²) in [5.74, 6) is -2.16. The van der Waals surface area contributed by atoms with Gasteiger partial charge in [0.2, 0.25) is 11.7 Å². The smallest absolute Gasteiger partial charge is 0.218 e. The molecule has 4 aliphatic rings. The van der Waals surface area contributed by atoms with Crippen LogP contribution in [0, 0.1) is 56.2 Å². The lowest BCUT2D eigenvalue weighted by Crippen LogP contribution is -2.73. The van der Waals surface area contributed by atoms with Gasteiger partial charge in [-0.25, -0.2) is 0 Å². The predicted octanol–water partition coefficient (Wildman–Crippen LogP) is 2.59. The Morgan fingerprint density at radius 2 is 1.96 bits per heavy atom. The molecule has 0 unspecified atom stereocenters. The molecule has 2 bridgehead atoms. The first-order valence-electron chi connectivity index (χ1n) is 8.21. The minimum absolute atomic E-state index is 0.363. The van der Waals surface area contributed by atoms with Crippen molar-refractivity contribution in [3.63, 3.8) is 0 Å². The summed E-state index contributed by atoms with van der Waals surface area (Å²) < 4.78 is 12.0. The zero-order valence-electron chi connectivity index (χ0n) is 13.4. The maximum Gasteiger partial charge on any atom is 0.218 e. The fourth-order valence-corrected chi connectivity index (χ4v) is 4.64. The maximum atomic E-state index is 10.1. The predicted molar refractivity (Wildman–Crippen MR) is 83.3 cm³/mol. The standard InChI is InChI=1S/C18H15N5O2/c19-9-16(10-20)13-6-1-3-7-18(13)24-14(12-5-2-4-8-23-12)17(16,11-21)15(22)25-18/h2,4-5,8,13-14,22H,1,3,6-7H2/t13-,14-,17-,18+/m1/s1. The molecular weight excluding hydrogens is 318 g/mol. The van der Waals surface area contributed by atoms with E-state index in [1.165, 1.54) is 0 Å². The normalized spacial score (nSPS) is 37.7. The molecule has 4 fully saturated rings. The number of ether oxygens (including phenoxy) is 2. The maximum absolute atomic E-state index is 10.1. The van der Waals surface area contributed by atoms with Crippen LogP contribution in [-0.2, 0) is 9.47 Å². The lowest BCUT2D eigenvalue weighted by atomic mass is 9.48. The molecule has 1 spiro atoms. The van der Waals surface area contributed by atoms with Crippen molar-refractivity contribution in [2.45, 2.75) is 37.6 Å². The fourth-order valence-electron chi connectivity index (χ4n) is 4.64. The first-order chi connectivity index (χ1) is 12.1. The topological polar surface area (TPSA) is 127 Å². The van der Waals surface area contributed by atoms with Crippen LogP contribution >= 0.6 is 0 Å². The van der Waals surface area contributed by atoms with Gasteiger partial charge in [0.15, 0.2) is 10.8 Å². The summed E-state index contributed by atoms with van der Waals surface area (Å²) in [6.07, 6.45) is 3.24. The highest BCUT2D eigenvalue weighted by atomic mass is 16.7. The lowest BCUT2D eigenvalue weighted by molar-refractivity contribution is -0.361. The first kappa shape index (κ1) is 15.6. The van der Waals surface area contributed by atoms with Crippen molar-refractivity contribution in [1.82, 2.24) is 4.98 Å². The summed E-state index contributed by atoms with van der Waals surface area (Å²) in [5, 5.41) is 38.6. The third-order valence-electron chi connectivity index (χ3n) is 5.77. The average molecular weight is 333 g/mol. The molecular formula is C18H15N5O2. The number of nitriles is 3. The van der Waals surface area contributed by atoms with Gasteiger partial charge in [-0.15, -0.1) is 0 Å². The summed E-state index contributed by atoms with van der Waals surface area (Å²) in [6.45, 7) is 0. The molecule has 1 aromatic rings. The Morgan fingerprint density at radius 3 is 2.60 bits per heavy atom. The number of nitrogens with zero attached hydrogens (tertiary/aromatic N) is 4. The molecule has 4 heterocycles. The van der Waals surface area contributed by atoms with Crippen molar-refractivity contribution in [1.29, 1.82) is 21.2 Å². The van der Waals surface area contributed by atoms with Gasteiger partial charge in [0.1, 0.15) is 6.10 Å². The van der Waals surface area contributed by atoms with Crippen molar-refractivity contribution in [3.05, 3.63) is 30.1 Å². The van der Waals surface area contributed by atoms with E-state index in [2.05, 4.69) is 23.2 Å². The zero-order chi connectivity index (χ0) is 17.7. The molecule has 1 aliphatic carbocycles. The third-order valence-corrected chi connectivity index (χ3v) is 5.77. The molecule has 0 aromatic carbocycles. The summed E-state index contributed by atoms with van der Waals surface area (Å²) >= 11 is 0. The quantitative estimate of drug-likeness (QED) is 0.841. The summed E-state index contributed by atoms with van der Waals surface area (Å²) in [6, 6.07) is 11.4. The van der Waals surface area contributed by atoms with E-state index in [9.17, 15) is 15.8 Å². The summed E-state index contributed by atoms with van der Waals surface area (Å²) in [5.41, 5.74) is -3.12. The van der Waals surface area contributed by atoms with E-state index in [1.807, 2.05) is 0 Å². The van der Waals surface area contributed by atoms with Gasteiger partial charge in [0, 0.05) is 12.6 Å². The summed E-state index contributed by atoms with van der Waals surface area (Å²) in [4.78, 5) is 4.27. The molecule has 3 saturated heterocycles. The van der Waals surface area contributed by atoms with E-state index in [0.29, 0.717) is 18.5 Å². The fraction of sp³-hybridized carbons (Fsp3) is 0.500. The van der Waals surface area contributed by atoms with Gasteiger partial charge in [-0.05, 0) is 25.0 Å². The number of rotatable bonds is 1. The van der Waals surface area contributed by atoms with E-state index in [4.69, 9.17) is 14.9 Å². The molecule has 25 heavy (non-hydrogen) atoms. The highest BCUT2D eigenvalue weighted by Gasteiger charge is 2.80. The van der Waals surface area contributed by atoms with Gasteiger partial charge in [-0.2, -0.15) is 15.8 Å². The molecule has 0 radical (unpaired) electrons. The van der Waals surface area contributed by atoms with Crippen LogP contribution in [0.15, 0.2) is 24.4 Å². The number of aromatic nitrogens is 1. The Labute approximate surface area is 144 Å². The van der Waals surface area contributed by atoms with Crippen molar-refractivity contribution < 1.29 is 9.47 Å². The van der Waals surface area contributed by atoms with Gasteiger partial charge in [0.05, 0.1) is 29.8 Å². The van der Waals surface area contributed by atoms with Crippen LogP contribution in [0.5, 0.6) is 0 Å². The molecule has 0 amide bonds. The SMILES string of the molecule is N#CC1(C#N)[C@H]2CCCC[C@]23OC(=N)[C@@]1(C#N)[C@@H](c1ccccn1)O3. The molecule has 3 aliphatic heterocycles. The van der Waals surface area contributed by atoms with Gasteiger partial charge in [-0.1, -0.05) is 12.5 Å². The second kappa shape index (κ2) is 5.02. The van der Waals surface area contributed by atoms with Gasteiger partial charge >= 0.3 is 0 Å². The van der Waals surface area contributed by atoms with Gasteiger partial charge in [0.25, 0.3) is 0 Å². The van der Waals surface area contributed by atoms with Crippen molar-refractivity contribution in [3.8, 4) is 18.2 Å². The van der Waals surface area contributed by atoms with Gasteiger partial charge in [-0.3, -0.25) is 10.4 Å². The van der Waals surface area contributed by atoms with E-state index < -0.39 is 28.6 Å². The van der Waals surface area contributed by atoms with Crippen molar-refractivity contribution >= 4 is 5.90 Å². The van der Waals surface area contributed by atoms with E-state index in [1.54, 1.807) is 24.4 Å². The molecule has 7 nitrogen and oxygen atoms in total. The van der Waals surface area contributed by atoms with E-state index in [0.717, 1.165) is 12.8 Å². The van der Waals surface area contributed by atoms with Crippen molar-refractivity contribution in [2.75, 3.05) is 0 Å². The monoisotopic (exact) mass is 333 g/mol. The number of fused-ring (bicyclic) bond motifs is 2. The zero-order valence-corrected chi connectivity index (χ0v) is 13.4. The number of hydrogen-bond donors (Lipinski definition) is 1. The Kier molecular flexibility index (Phi) is 3.13. The highest BCUT2D eigenvalue weighted by molar-refractivity contribution is 5.88. The second-order valence-corrected chi connectivity index (χ2v) is 6.75. The van der Waals surface area contributed by atoms with Gasteiger partial charge < -0.3 is 9.47 Å². The Bertz CT molecular complexity index is 850. The summed E-state index contributed by atoms with van der Waals surface area (Å²) in [7, 11) is 0. The van der Waals surface area contributed by atoms with Crippen molar-refractivity contribution in [2.24, 2.45) is 16.7 Å². The molecule has 1 aromatic heterocycles. The number of nitrogens with one attached hydrogen (secondary N) is 1. The Hall–Kier alpha value is -2.95. The minimum atomic E-state index is -1.84. The lowest BCUT2D eigenvalue weighted by Gasteiger charge is -2.63. The molecule has 1 N–H and O–H groups in total. The molecule has 7 heteroatoms. The molecule has 1 saturated carbocycles. The van der Waals surface area contributed by atoms with Crippen LogP contribution in [-0.4, -0.2) is 16.7 Å². The van der Waals surface area contributed by atoms with Crippen LogP contribution in [0.4, 0.5) is 0 Å². The Morgan fingerprint density at radius 1 is 1.16 bits per heavy atom. The number of pyridine rings is 1. The van der Waals surface area contributed by atoms with Crippen LogP contribution in [0.3, 0.4) is 0 Å². The second-order valence-electron chi connectivity index (χ2n) is 6.75. The van der Waals surface area contributed by atoms with E-state index >= 15 is 0 Å². The average Bonchev–Trinajstić information content (AvgIpc) is 2.66. The third kappa shape index (κ3) is 1.60. The first-order valence-corrected chi connectivity index (χ1v) is 8.21. The van der Waals surface area contributed by atoms with Crippen LogP contribution < -0.4 is 0 Å². The molecule has 5 rings (SSSR count). The molecule has 4 atom stereocenters. The highest BCUT2D eigenvalue weighted by Crippen LogP contribution is 2.69.